The van der Waals surface area contributed by atoms with Gasteiger partial charge in [-0.2, -0.15) is 4.99 Å². The summed E-state index contributed by atoms with van der Waals surface area (Å²) in [5, 5.41) is 10.3. The van der Waals surface area contributed by atoms with Crippen LogP contribution in [0, 0.1) is 6.92 Å². The quantitative estimate of drug-likeness (QED) is 0.0868. The number of likely N-dealkylation sites (tertiary alicyclic amines) is 1. The zero-order valence-corrected chi connectivity index (χ0v) is 26.8. The van der Waals surface area contributed by atoms with Crippen molar-refractivity contribution in [3.8, 4) is 11.3 Å². The first-order chi connectivity index (χ1) is 21.8. The van der Waals surface area contributed by atoms with E-state index in [1.165, 1.54) is 25.2 Å². The second-order valence-electron chi connectivity index (χ2n) is 10.4. The van der Waals surface area contributed by atoms with Crippen LogP contribution in [-0.4, -0.2) is 82.2 Å². The van der Waals surface area contributed by atoms with Gasteiger partial charge in [0.25, 0.3) is 11.5 Å². The molecule has 0 amide bonds. The van der Waals surface area contributed by atoms with Gasteiger partial charge in [-0.25, -0.2) is 15.0 Å². The summed E-state index contributed by atoms with van der Waals surface area (Å²) in [4.78, 5) is 45.7. The van der Waals surface area contributed by atoms with Gasteiger partial charge in [-0.1, -0.05) is 19.1 Å². The molecule has 4 aromatic rings. The lowest BCUT2D eigenvalue weighted by atomic mass is 10.1. The van der Waals surface area contributed by atoms with E-state index in [1.807, 2.05) is 46.3 Å². The molecule has 13 nitrogen and oxygen atoms in total. The fourth-order valence-corrected chi connectivity index (χ4v) is 4.55. The summed E-state index contributed by atoms with van der Waals surface area (Å²) in [6.45, 7) is 9.68. The van der Waals surface area contributed by atoms with E-state index in [0.717, 1.165) is 71.4 Å². The van der Waals surface area contributed by atoms with Crippen molar-refractivity contribution in [1.29, 1.82) is 0 Å². The number of fused-ring (bicyclic) bond motifs is 1. The third-order valence-electron chi connectivity index (χ3n) is 6.95. The van der Waals surface area contributed by atoms with Crippen LogP contribution in [0.25, 0.3) is 22.2 Å². The van der Waals surface area contributed by atoms with Crippen LogP contribution < -0.4 is 27.2 Å². The number of amidine groups is 1. The Hall–Kier alpha value is -5.04. The van der Waals surface area contributed by atoms with Crippen LogP contribution in [0.5, 0.6) is 0 Å². The molecular weight excluding hydrogens is 570 g/mol. The molecule has 240 valence electrons. The summed E-state index contributed by atoms with van der Waals surface area (Å²) < 4.78 is 0. The molecule has 3 aromatic heterocycles. The highest BCUT2D eigenvalue weighted by atomic mass is 16.1. The highest BCUT2D eigenvalue weighted by Crippen LogP contribution is 2.33. The topological polar surface area (TPSA) is 182 Å². The summed E-state index contributed by atoms with van der Waals surface area (Å²) >= 11 is 0. The number of nitrogens with two attached hydrogens (primary N) is 1. The number of anilines is 2. The largest absolute Gasteiger partial charge is 0.392 e. The molecule has 0 radical (unpaired) electrons. The smallest absolute Gasteiger partial charge is 0.252 e. The normalized spacial score (nSPS) is 13.4. The molecule has 0 unspecified atom stereocenters. The minimum Gasteiger partial charge on any atom is -0.392 e. The van der Waals surface area contributed by atoms with Crippen molar-refractivity contribution in [1.82, 2.24) is 35.1 Å². The van der Waals surface area contributed by atoms with Crippen molar-refractivity contribution in [2.24, 2.45) is 10.7 Å². The molecule has 1 fully saturated rings. The Morgan fingerprint density at radius 3 is 2.62 bits per heavy atom. The minimum atomic E-state index is -0.126. The van der Waals surface area contributed by atoms with E-state index in [2.05, 4.69) is 63.8 Å². The number of aliphatic imine (C=N–C) groups is 1. The molecule has 1 aliphatic heterocycles. The number of para-hydroxylation sites is 1. The lowest BCUT2D eigenvalue weighted by Crippen LogP contribution is -2.20. The SMILES string of the molecule is CCCNc1cc(=O)[nH]cn1.CN/C(C)=C\C(N)=N/c1ncc(C)c(-c2c[nH]c3c(NC)cccc23)n1.O=CCN1CCCC1. The Kier molecular flexibility index (Phi) is 13.7. The van der Waals surface area contributed by atoms with Gasteiger partial charge in [-0.05, 0) is 63.9 Å². The van der Waals surface area contributed by atoms with Crippen LogP contribution >= 0.6 is 0 Å². The Bertz CT molecular complexity index is 1640. The predicted octanol–water partition coefficient (Wildman–Crippen LogP) is 3.96. The summed E-state index contributed by atoms with van der Waals surface area (Å²) in [6.07, 6.45) is 11.4. The van der Waals surface area contributed by atoms with Crippen LogP contribution in [0.1, 0.15) is 38.7 Å². The van der Waals surface area contributed by atoms with Gasteiger partial charge in [0.15, 0.2) is 0 Å². The van der Waals surface area contributed by atoms with Crippen molar-refractivity contribution in [3.63, 3.8) is 0 Å². The Morgan fingerprint density at radius 2 is 1.96 bits per heavy atom. The fourth-order valence-electron chi connectivity index (χ4n) is 4.55. The second kappa shape index (κ2) is 17.9. The number of nitrogens with zero attached hydrogens (tertiary/aromatic N) is 5. The number of rotatable bonds is 10. The summed E-state index contributed by atoms with van der Waals surface area (Å²) in [5.74, 6) is 1.32. The third kappa shape index (κ3) is 10.6. The first kappa shape index (κ1) is 34.5. The van der Waals surface area contributed by atoms with Crippen LogP contribution in [0.3, 0.4) is 0 Å². The summed E-state index contributed by atoms with van der Waals surface area (Å²) in [7, 11) is 3.73. The number of aromatic amines is 2. The van der Waals surface area contributed by atoms with Gasteiger partial charge >= 0.3 is 0 Å². The first-order valence-electron chi connectivity index (χ1n) is 15.1. The number of aldehydes is 1. The Balaban J connectivity index is 0.000000237. The van der Waals surface area contributed by atoms with Gasteiger partial charge in [-0.15, -0.1) is 0 Å². The van der Waals surface area contributed by atoms with E-state index in [0.29, 0.717) is 24.1 Å². The van der Waals surface area contributed by atoms with Crippen molar-refractivity contribution >= 4 is 40.5 Å². The monoisotopic (exact) mass is 615 g/mol. The molecule has 13 heteroatoms. The van der Waals surface area contributed by atoms with E-state index in [9.17, 15) is 9.59 Å². The number of aryl methyl sites for hydroxylation is 1. The molecule has 0 saturated carbocycles. The number of aromatic nitrogens is 5. The average Bonchev–Trinajstić information content (AvgIpc) is 3.72. The molecule has 0 spiro atoms. The molecule has 0 bridgehead atoms. The van der Waals surface area contributed by atoms with Crippen molar-refractivity contribution in [2.75, 3.05) is 50.9 Å². The van der Waals surface area contributed by atoms with E-state index >= 15 is 0 Å². The predicted molar refractivity (Wildman–Crippen MR) is 183 cm³/mol. The third-order valence-corrected chi connectivity index (χ3v) is 6.95. The van der Waals surface area contributed by atoms with E-state index in [-0.39, 0.29) is 5.56 Å². The second-order valence-corrected chi connectivity index (χ2v) is 10.4. The number of allylic oxidation sites excluding steroid dienone is 1. The molecule has 0 atom stereocenters. The van der Waals surface area contributed by atoms with Crippen LogP contribution in [0.2, 0.25) is 0 Å². The molecule has 7 N–H and O–H groups in total. The number of H-pyrrole nitrogens is 2. The lowest BCUT2D eigenvalue weighted by Gasteiger charge is -2.07. The Labute approximate surface area is 263 Å². The average molecular weight is 616 g/mol. The Morgan fingerprint density at radius 1 is 1.18 bits per heavy atom. The molecule has 1 saturated heterocycles. The van der Waals surface area contributed by atoms with Crippen LogP contribution in [-0.2, 0) is 4.79 Å². The van der Waals surface area contributed by atoms with Gasteiger partial charge in [0.05, 0.1) is 29.8 Å². The minimum absolute atomic E-state index is 0.126. The number of nitrogens with one attached hydrogen (secondary N) is 5. The maximum atomic E-state index is 10.7. The fraction of sp³-hybridized carbons (Fsp3) is 0.375. The van der Waals surface area contributed by atoms with E-state index < -0.39 is 0 Å². The molecule has 1 aromatic carbocycles. The number of benzene rings is 1. The van der Waals surface area contributed by atoms with Crippen LogP contribution in [0.15, 0.2) is 64.5 Å². The van der Waals surface area contributed by atoms with Crippen LogP contribution in [0.4, 0.5) is 17.5 Å². The molecule has 4 heterocycles. The highest BCUT2D eigenvalue weighted by molar-refractivity contribution is 6.01. The van der Waals surface area contributed by atoms with E-state index in [4.69, 9.17) is 5.73 Å². The van der Waals surface area contributed by atoms with Gasteiger partial charge in [0.2, 0.25) is 0 Å². The van der Waals surface area contributed by atoms with Crippen molar-refractivity contribution in [2.45, 2.75) is 40.0 Å². The lowest BCUT2D eigenvalue weighted by molar-refractivity contribution is -0.108. The molecule has 5 rings (SSSR count). The summed E-state index contributed by atoms with van der Waals surface area (Å²) in [5.41, 5.74) is 11.6. The zero-order valence-electron chi connectivity index (χ0n) is 26.8. The number of carbonyl (C=O) groups is 1. The van der Waals surface area contributed by atoms with Gasteiger partial charge in [-0.3, -0.25) is 9.69 Å². The maximum Gasteiger partial charge on any atom is 0.252 e. The van der Waals surface area contributed by atoms with Crippen molar-refractivity contribution < 1.29 is 4.79 Å². The van der Waals surface area contributed by atoms with Gasteiger partial charge in [0, 0.05) is 55.7 Å². The first-order valence-corrected chi connectivity index (χ1v) is 15.1. The standard InChI is InChI=1S/C19H23N7.C7H11N3O.C6H11NO/c1-11-9-24-19(25-16(20)8-12(2)21-3)26-17(11)14-10-23-18-13(14)6-5-7-15(18)22-4;1-2-3-8-6-4-7(11)10-5-9-6;8-6-5-7-3-1-2-4-7/h5-10,21-23H,1-4H3,(H2,20,24,25,26);4-5H,2-3H2,1H3,(H2,8,9,10,11);6H,1-5H2/b12-8-;;. The summed E-state index contributed by atoms with van der Waals surface area (Å²) in [6, 6.07) is 7.56. The van der Waals surface area contributed by atoms with Gasteiger partial charge in [0.1, 0.15) is 17.9 Å². The zero-order chi connectivity index (χ0) is 32.6. The maximum absolute atomic E-state index is 10.7. The molecule has 45 heavy (non-hydrogen) atoms. The molecule has 0 aliphatic carbocycles. The highest BCUT2D eigenvalue weighted by Gasteiger charge is 2.13. The number of carbonyl (C=O) groups excluding carboxylic acids is 1. The number of hydrogen-bond acceptors (Lipinski definition) is 10. The van der Waals surface area contributed by atoms with Crippen molar-refractivity contribution in [3.05, 3.63) is 70.7 Å². The van der Waals surface area contributed by atoms with Gasteiger partial charge < -0.3 is 36.4 Å². The number of hydrogen-bond donors (Lipinski definition) is 6. The van der Waals surface area contributed by atoms with E-state index in [1.54, 1.807) is 12.3 Å². The molecule has 1 aliphatic rings. The molecular formula is C32H45N11O2.